The molecule has 2 heterocycles. The Balaban J connectivity index is 1.36. The van der Waals surface area contributed by atoms with Gasteiger partial charge in [-0.2, -0.15) is 0 Å². The van der Waals surface area contributed by atoms with E-state index in [1.807, 2.05) is 6.07 Å². The van der Waals surface area contributed by atoms with E-state index in [9.17, 15) is 14.4 Å². The molecule has 5 nitrogen and oxygen atoms in total. The lowest BCUT2D eigenvalue weighted by Gasteiger charge is -2.16. The van der Waals surface area contributed by atoms with Crippen LogP contribution in [-0.2, 0) is 17.6 Å². The minimum absolute atomic E-state index is 0.00325. The quantitative estimate of drug-likeness (QED) is 0.613. The van der Waals surface area contributed by atoms with Crippen LogP contribution >= 0.6 is 11.3 Å². The highest BCUT2D eigenvalue weighted by molar-refractivity contribution is 7.14. The number of aryl methyl sites for hydroxylation is 1. The molecule has 2 amide bonds. The molecule has 1 aromatic carbocycles. The molecule has 1 aliphatic carbocycles. The van der Waals surface area contributed by atoms with Crippen LogP contribution in [0.5, 0.6) is 0 Å². The number of imide groups is 1. The average Bonchev–Trinajstić information content (AvgIpc) is 3.16. The van der Waals surface area contributed by atoms with Crippen LogP contribution < -0.4 is 0 Å². The van der Waals surface area contributed by atoms with Gasteiger partial charge in [-0.3, -0.25) is 14.5 Å². The van der Waals surface area contributed by atoms with E-state index in [0.29, 0.717) is 21.9 Å². The second kappa shape index (κ2) is 6.68. The van der Waals surface area contributed by atoms with Gasteiger partial charge < -0.3 is 4.74 Å². The van der Waals surface area contributed by atoms with Crippen LogP contribution in [0, 0.1) is 5.92 Å². The molecule has 0 N–H and O–H groups in total. The fraction of sp³-hybridized carbons (Fsp3) is 0.350. The van der Waals surface area contributed by atoms with E-state index in [1.165, 1.54) is 21.8 Å². The molecule has 134 valence electrons. The third kappa shape index (κ3) is 2.94. The van der Waals surface area contributed by atoms with Crippen LogP contribution in [0.3, 0.4) is 0 Å². The third-order valence-corrected chi connectivity index (χ3v) is 6.17. The number of esters is 1. The highest BCUT2D eigenvalue weighted by atomic mass is 32.1. The van der Waals surface area contributed by atoms with Gasteiger partial charge in [-0.05, 0) is 48.9 Å². The van der Waals surface area contributed by atoms with Crippen molar-refractivity contribution >= 4 is 29.1 Å². The summed E-state index contributed by atoms with van der Waals surface area (Å²) < 4.78 is 5.32. The number of nitrogens with zero attached hydrogens (tertiary/aromatic N) is 1. The summed E-state index contributed by atoms with van der Waals surface area (Å²) in [7, 11) is 0. The summed E-state index contributed by atoms with van der Waals surface area (Å²) in [5.74, 6) is -0.395. The lowest BCUT2D eigenvalue weighted by molar-refractivity contribution is 0.0424. The van der Waals surface area contributed by atoms with Gasteiger partial charge in [-0.1, -0.05) is 19.1 Å². The molecule has 0 spiro atoms. The van der Waals surface area contributed by atoms with Gasteiger partial charge in [0.25, 0.3) is 11.8 Å². The van der Waals surface area contributed by atoms with Gasteiger partial charge >= 0.3 is 5.97 Å². The first-order valence-corrected chi connectivity index (χ1v) is 9.60. The number of ether oxygens (including phenoxy) is 1. The number of hydrogen-bond acceptors (Lipinski definition) is 5. The maximum absolute atomic E-state index is 12.3. The molecule has 2 aliphatic rings. The van der Waals surface area contributed by atoms with E-state index in [-0.39, 0.29) is 30.9 Å². The standard InChI is InChI=1S/C20H19NO4S/c1-12-6-7-16-13(10-12)11-17(26-16)20(24)25-9-8-21-18(22)14-4-2-3-5-15(14)19(21)23/h2-5,11-12H,6-10H2,1H3/t12-/m0/s1. The van der Waals surface area contributed by atoms with Crippen molar-refractivity contribution < 1.29 is 19.1 Å². The number of carbonyl (C=O) groups is 3. The van der Waals surface area contributed by atoms with E-state index in [0.717, 1.165) is 24.2 Å². The fourth-order valence-electron chi connectivity index (χ4n) is 3.55. The SMILES string of the molecule is C[C@H]1CCc2sc(C(=O)OCCN3C(=O)c4ccccc4C3=O)cc2C1. The van der Waals surface area contributed by atoms with Crippen molar-refractivity contribution in [1.82, 2.24) is 4.90 Å². The van der Waals surface area contributed by atoms with Gasteiger partial charge in [0.1, 0.15) is 11.5 Å². The smallest absolute Gasteiger partial charge is 0.348 e. The number of benzene rings is 1. The maximum atomic E-state index is 12.3. The monoisotopic (exact) mass is 369 g/mol. The Kier molecular flexibility index (Phi) is 4.36. The number of amides is 2. The molecule has 1 atom stereocenters. The van der Waals surface area contributed by atoms with Gasteiger partial charge in [-0.25, -0.2) is 4.79 Å². The van der Waals surface area contributed by atoms with E-state index in [1.54, 1.807) is 24.3 Å². The number of rotatable bonds is 4. The summed E-state index contributed by atoms with van der Waals surface area (Å²) in [6.45, 7) is 2.30. The number of carbonyl (C=O) groups excluding carboxylic acids is 3. The van der Waals surface area contributed by atoms with Crippen molar-refractivity contribution in [2.24, 2.45) is 5.92 Å². The molecular weight excluding hydrogens is 350 g/mol. The van der Waals surface area contributed by atoms with Crippen LogP contribution in [0.25, 0.3) is 0 Å². The van der Waals surface area contributed by atoms with Gasteiger partial charge in [0.15, 0.2) is 0 Å². The van der Waals surface area contributed by atoms with Crippen molar-refractivity contribution in [2.75, 3.05) is 13.2 Å². The largest absolute Gasteiger partial charge is 0.460 e. The van der Waals surface area contributed by atoms with Crippen LogP contribution in [-0.4, -0.2) is 35.8 Å². The zero-order valence-corrected chi connectivity index (χ0v) is 15.3. The predicted molar refractivity (Wildman–Crippen MR) is 97.6 cm³/mol. The molecule has 0 unspecified atom stereocenters. The summed E-state index contributed by atoms with van der Waals surface area (Å²) in [6.07, 6.45) is 3.18. The number of fused-ring (bicyclic) bond motifs is 2. The van der Waals surface area contributed by atoms with Gasteiger partial charge in [-0.15, -0.1) is 11.3 Å². The van der Waals surface area contributed by atoms with Gasteiger partial charge in [0.2, 0.25) is 0 Å². The number of thiophene rings is 1. The van der Waals surface area contributed by atoms with E-state index in [2.05, 4.69) is 6.92 Å². The van der Waals surface area contributed by atoms with Crippen molar-refractivity contribution in [3.05, 3.63) is 56.8 Å². The maximum Gasteiger partial charge on any atom is 0.348 e. The Morgan fingerprint density at radius 2 is 1.92 bits per heavy atom. The molecule has 4 rings (SSSR count). The molecule has 1 aliphatic heterocycles. The molecule has 2 aromatic rings. The first-order chi connectivity index (χ1) is 12.5. The molecular formula is C20H19NO4S. The zero-order valence-electron chi connectivity index (χ0n) is 14.5. The zero-order chi connectivity index (χ0) is 18.3. The van der Waals surface area contributed by atoms with Crippen LogP contribution in [0.2, 0.25) is 0 Å². The summed E-state index contributed by atoms with van der Waals surface area (Å²) in [6, 6.07) is 8.66. The lowest BCUT2D eigenvalue weighted by Crippen LogP contribution is -2.33. The van der Waals surface area contributed by atoms with E-state index in [4.69, 9.17) is 4.74 Å². The minimum atomic E-state index is -0.381. The predicted octanol–water partition coefficient (Wildman–Crippen LogP) is 3.33. The minimum Gasteiger partial charge on any atom is -0.460 e. The second-order valence-electron chi connectivity index (χ2n) is 6.85. The van der Waals surface area contributed by atoms with E-state index < -0.39 is 0 Å². The van der Waals surface area contributed by atoms with Crippen LogP contribution in [0.1, 0.15) is 54.2 Å². The van der Waals surface area contributed by atoms with Crippen LogP contribution in [0.15, 0.2) is 30.3 Å². The molecule has 0 radical (unpaired) electrons. The van der Waals surface area contributed by atoms with Crippen molar-refractivity contribution in [3.63, 3.8) is 0 Å². The van der Waals surface area contributed by atoms with Crippen LogP contribution in [0.4, 0.5) is 0 Å². The Morgan fingerprint density at radius 1 is 1.23 bits per heavy atom. The molecule has 1 aromatic heterocycles. The summed E-state index contributed by atoms with van der Waals surface area (Å²) in [5, 5.41) is 0. The van der Waals surface area contributed by atoms with Crippen molar-refractivity contribution in [2.45, 2.75) is 26.2 Å². The molecule has 0 fully saturated rings. The van der Waals surface area contributed by atoms with Crippen molar-refractivity contribution in [3.8, 4) is 0 Å². The Morgan fingerprint density at radius 3 is 2.62 bits per heavy atom. The van der Waals surface area contributed by atoms with Crippen molar-refractivity contribution in [1.29, 1.82) is 0 Å². The first kappa shape index (κ1) is 17.0. The average molecular weight is 369 g/mol. The second-order valence-corrected chi connectivity index (χ2v) is 7.99. The first-order valence-electron chi connectivity index (χ1n) is 8.78. The summed E-state index contributed by atoms with van der Waals surface area (Å²) in [4.78, 5) is 39.9. The molecule has 0 saturated heterocycles. The molecule has 26 heavy (non-hydrogen) atoms. The fourth-order valence-corrected chi connectivity index (χ4v) is 4.65. The van der Waals surface area contributed by atoms with Gasteiger partial charge in [0, 0.05) is 4.88 Å². The molecule has 0 saturated carbocycles. The highest BCUT2D eigenvalue weighted by Crippen LogP contribution is 2.32. The molecule has 6 heteroatoms. The molecule has 0 bridgehead atoms. The highest BCUT2D eigenvalue weighted by Gasteiger charge is 2.35. The lowest BCUT2D eigenvalue weighted by atomic mass is 9.90. The topological polar surface area (TPSA) is 63.7 Å². The normalized spacial score (nSPS) is 18.7. The number of hydrogen-bond donors (Lipinski definition) is 0. The summed E-state index contributed by atoms with van der Waals surface area (Å²) >= 11 is 1.50. The Labute approximate surface area is 155 Å². The van der Waals surface area contributed by atoms with E-state index >= 15 is 0 Å². The summed E-state index contributed by atoms with van der Waals surface area (Å²) in [5.41, 5.74) is 2.06. The Bertz CT molecular complexity index is 866. The Hall–Kier alpha value is -2.47. The van der Waals surface area contributed by atoms with Gasteiger partial charge in [0.05, 0.1) is 17.7 Å². The third-order valence-electron chi connectivity index (χ3n) is 4.96.